The normalized spacial score (nSPS) is 15.9. The molecule has 0 N–H and O–H groups in total. The molecule has 3 aromatic carbocycles. The lowest BCUT2D eigenvalue weighted by atomic mass is 10.1. The second-order valence-electron chi connectivity index (χ2n) is 8.44. The minimum Gasteiger partial charge on any atom is -0.457 e. The van der Waals surface area contributed by atoms with Crippen LogP contribution in [0.15, 0.2) is 91.0 Å². The fourth-order valence-corrected chi connectivity index (χ4v) is 4.24. The van der Waals surface area contributed by atoms with E-state index in [0.29, 0.717) is 6.42 Å². The van der Waals surface area contributed by atoms with Crippen LogP contribution < -0.4 is 0 Å². The smallest absolute Gasteiger partial charge is 0.310 e. The minimum atomic E-state index is -0.213. The van der Waals surface area contributed by atoms with Crippen molar-refractivity contribution in [1.29, 1.82) is 0 Å². The molecule has 4 rings (SSSR count). The Labute approximate surface area is 191 Å². The van der Waals surface area contributed by atoms with Gasteiger partial charge in [0.25, 0.3) is 0 Å². The van der Waals surface area contributed by atoms with Crippen LogP contribution in [0.3, 0.4) is 0 Å². The van der Waals surface area contributed by atoms with Crippen molar-refractivity contribution in [3.05, 3.63) is 108 Å². The van der Waals surface area contributed by atoms with E-state index < -0.39 is 0 Å². The summed E-state index contributed by atoms with van der Waals surface area (Å²) in [6.07, 6.45) is 0.903. The Morgan fingerprint density at radius 3 is 1.88 bits per heavy atom. The minimum absolute atomic E-state index is 0.169. The SMILES string of the molecule is O=C(Cc1ccccc1)OC(CCN1CCN(Cc2ccccc2)CC1)c1ccccc1. The van der Waals surface area contributed by atoms with Gasteiger partial charge in [0.05, 0.1) is 6.42 Å². The van der Waals surface area contributed by atoms with Crippen LogP contribution in [0.5, 0.6) is 0 Å². The third-order valence-corrected chi connectivity index (χ3v) is 6.06. The van der Waals surface area contributed by atoms with Crippen LogP contribution in [0.1, 0.15) is 29.2 Å². The molecule has 1 aliphatic rings. The third kappa shape index (κ3) is 6.78. The lowest BCUT2D eigenvalue weighted by Crippen LogP contribution is -2.46. The van der Waals surface area contributed by atoms with E-state index in [-0.39, 0.29) is 12.1 Å². The van der Waals surface area contributed by atoms with Crippen molar-refractivity contribution in [3.63, 3.8) is 0 Å². The number of nitrogens with zero attached hydrogens (tertiary/aromatic N) is 2. The monoisotopic (exact) mass is 428 g/mol. The summed E-state index contributed by atoms with van der Waals surface area (Å²) in [4.78, 5) is 17.6. The number of ether oxygens (including phenoxy) is 1. The highest BCUT2D eigenvalue weighted by molar-refractivity contribution is 5.72. The summed E-state index contributed by atoms with van der Waals surface area (Å²) in [7, 11) is 0. The topological polar surface area (TPSA) is 32.8 Å². The van der Waals surface area contributed by atoms with Gasteiger partial charge >= 0.3 is 5.97 Å². The zero-order valence-corrected chi connectivity index (χ0v) is 18.6. The van der Waals surface area contributed by atoms with Crippen LogP contribution in [0.25, 0.3) is 0 Å². The van der Waals surface area contributed by atoms with Crippen LogP contribution in [0.4, 0.5) is 0 Å². The van der Waals surface area contributed by atoms with Gasteiger partial charge in [-0.25, -0.2) is 0 Å². The molecular weight excluding hydrogens is 396 g/mol. The molecule has 0 aliphatic carbocycles. The molecule has 1 heterocycles. The Morgan fingerprint density at radius 2 is 1.25 bits per heavy atom. The number of piperazine rings is 1. The van der Waals surface area contributed by atoms with E-state index in [9.17, 15) is 4.79 Å². The molecule has 4 heteroatoms. The number of hydrogen-bond acceptors (Lipinski definition) is 4. The second-order valence-corrected chi connectivity index (χ2v) is 8.44. The lowest BCUT2D eigenvalue weighted by Gasteiger charge is -2.35. The van der Waals surface area contributed by atoms with Gasteiger partial charge in [-0.2, -0.15) is 0 Å². The van der Waals surface area contributed by atoms with Crippen molar-refractivity contribution >= 4 is 5.97 Å². The first-order chi connectivity index (χ1) is 15.8. The molecule has 32 heavy (non-hydrogen) atoms. The predicted molar refractivity (Wildman–Crippen MR) is 128 cm³/mol. The van der Waals surface area contributed by atoms with Crippen LogP contribution in [-0.2, 0) is 22.5 Å². The zero-order chi connectivity index (χ0) is 22.0. The van der Waals surface area contributed by atoms with Crippen molar-refractivity contribution in [2.24, 2.45) is 0 Å². The van der Waals surface area contributed by atoms with Crippen molar-refractivity contribution in [1.82, 2.24) is 9.80 Å². The van der Waals surface area contributed by atoms with Gasteiger partial charge in [0.15, 0.2) is 0 Å². The molecule has 3 aromatic rings. The maximum absolute atomic E-state index is 12.6. The molecule has 0 aromatic heterocycles. The predicted octanol–water partition coefficient (Wildman–Crippen LogP) is 4.72. The molecule has 1 saturated heterocycles. The van der Waals surface area contributed by atoms with Crippen LogP contribution in [0, 0.1) is 0 Å². The number of rotatable bonds is 9. The number of benzene rings is 3. The van der Waals surface area contributed by atoms with E-state index in [1.165, 1.54) is 5.56 Å². The fourth-order valence-electron chi connectivity index (χ4n) is 4.24. The van der Waals surface area contributed by atoms with Gasteiger partial charge in [0, 0.05) is 45.7 Å². The Balaban J connectivity index is 1.28. The van der Waals surface area contributed by atoms with Crippen molar-refractivity contribution < 1.29 is 9.53 Å². The lowest BCUT2D eigenvalue weighted by molar-refractivity contribution is -0.149. The highest BCUT2D eigenvalue weighted by Crippen LogP contribution is 2.23. The van der Waals surface area contributed by atoms with E-state index in [2.05, 4.69) is 52.3 Å². The largest absolute Gasteiger partial charge is 0.457 e. The number of esters is 1. The molecule has 0 bridgehead atoms. The van der Waals surface area contributed by atoms with E-state index >= 15 is 0 Å². The quantitative estimate of drug-likeness (QED) is 0.462. The summed E-state index contributed by atoms with van der Waals surface area (Å²) in [5.41, 5.74) is 3.42. The van der Waals surface area contributed by atoms with Crippen molar-refractivity contribution in [3.8, 4) is 0 Å². The molecule has 4 nitrogen and oxygen atoms in total. The van der Waals surface area contributed by atoms with E-state index in [1.54, 1.807) is 0 Å². The van der Waals surface area contributed by atoms with Crippen LogP contribution >= 0.6 is 0 Å². The first-order valence-electron chi connectivity index (χ1n) is 11.5. The molecule has 0 amide bonds. The molecule has 1 fully saturated rings. The summed E-state index contributed by atoms with van der Waals surface area (Å²) in [6, 6.07) is 30.6. The average molecular weight is 429 g/mol. The summed E-state index contributed by atoms with van der Waals surface area (Å²) >= 11 is 0. The van der Waals surface area contributed by atoms with Crippen molar-refractivity contribution in [2.45, 2.75) is 25.5 Å². The standard InChI is InChI=1S/C28H32N2O2/c31-28(22-24-10-4-1-5-11-24)32-27(26-14-8-3-9-15-26)16-17-29-18-20-30(21-19-29)23-25-12-6-2-7-13-25/h1-15,27H,16-23H2. The molecule has 1 unspecified atom stereocenters. The van der Waals surface area contributed by atoms with Gasteiger partial charge in [0.1, 0.15) is 6.10 Å². The highest BCUT2D eigenvalue weighted by Gasteiger charge is 2.21. The van der Waals surface area contributed by atoms with Gasteiger partial charge < -0.3 is 9.64 Å². The summed E-state index contributed by atoms with van der Waals surface area (Å²) in [5.74, 6) is -0.169. The van der Waals surface area contributed by atoms with Gasteiger partial charge in [-0.3, -0.25) is 9.69 Å². The van der Waals surface area contributed by atoms with E-state index in [0.717, 1.165) is 56.8 Å². The maximum Gasteiger partial charge on any atom is 0.310 e. The zero-order valence-electron chi connectivity index (χ0n) is 18.6. The third-order valence-electron chi connectivity index (χ3n) is 6.06. The maximum atomic E-state index is 12.6. The molecule has 1 aliphatic heterocycles. The van der Waals surface area contributed by atoms with E-state index in [4.69, 9.17) is 4.74 Å². The molecular formula is C28H32N2O2. The summed E-state index contributed by atoms with van der Waals surface area (Å²) in [5, 5.41) is 0. The summed E-state index contributed by atoms with van der Waals surface area (Å²) in [6.45, 7) is 6.17. The Kier molecular flexibility index (Phi) is 8.07. The molecule has 166 valence electrons. The number of hydrogen-bond donors (Lipinski definition) is 0. The Morgan fingerprint density at radius 1 is 0.719 bits per heavy atom. The molecule has 0 spiro atoms. The van der Waals surface area contributed by atoms with Gasteiger partial charge in [-0.1, -0.05) is 91.0 Å². The fraction of sp³-hybridized carbons (Fsp3) is 0.321. The van der Waals surface area contributed by atoms with Gasteiger partial charge in [-0.15, -0.1) is 0 Å². The van der Waals surface area contributed by atoms with Crippen LogP contribution in [-0.4, -0.2) is 48.5 Å². The molecule has 0 saturated carbocycles. The Bertz CT molecular complexity index is 939. The number of carbonyl (C=O) groups is 1. The Hall–Kier alpha value is -2.95. The first-order valence-corrected chi connectivity index (χ1v) is 11.5. The molecule has 1 atom stereocenters. The number of carbonyl (C=O) groups excluding carboxylic acids is 1. The van der Waals surface area contributed by atoms with Crippen LogP contribution in [0.2, 0.25) is 0 Å². The van der Waals surface area contributed by atoms with Gasteiger partial charge in [0.2, 0.25) is 0 Å². The summed E-state index contributed by atoms with van der Waals surface area (Å²) < 4.78 is 5.96. The first kappa shape index (κ1) is 22.3. The van der Waals surface area contributed by atoms with E-state index in [1.807, 2.05) is 48.5 Å². The van der Waals surface area contributed by atoms with Crippen molar-refractivity contribution in [2.75, 3.05) is 32.7 Å². The molecule has 0 radical (unpaired) electrons. The highest BCUT2D eigenvalue weighted by atomic mass is 16.5. The van der Waals surface area contributed by atoms with Gasteiger partial charge in [-0.05, 0) is 16.7 Å². The average Bonchev–Trinajstić information content (AvgIpc) is 2.84. The second kappa shape index (κ2) is 11.6.